The number of hydrogen-bond acceptors (Lipinski definition) is 5. The summed E-state index contributed by atoms with van der Waals surface area (Å²) >= 11 is 1.58. The van der Waals surface area contributed by atoms with Crippen molar-refractivity contribution in [3.8, 4) is 11.6 Å². The summed E-state index contributed by atoms with van der Waals surface area (Å²) in [5.74, 6) is 1.31. The fraction of sp³-hybridized carbons (Fsp3) is 0.385. The van der Waals surface area contributed by atoms with Crippen LogP contribution >= 0.6 is 11.3 Å². The number of rotatable bonds is 5. The van der Waals surface area contributed by atoms with E-state index in [0.717, 1.165) is 17.1 Å². The molecule has 0 spiro atoms. The van der Waals surface area contributed by atoms with E-state index < -0.39 is 0 Å². The van der Waals surface area contributed by atoms with Crippen LogP contribution < -0.4 is 10.5 Å². The molecule has 20 heavy (non-hydrogen) atoms. The molecule has 2 N–H and O–H groups in total. The average Bonchev–Trinajstić information content (AvgIpc) is 3.08. The lowest BCUT2D eigenvalue weighted by molar-refractivity contribution is 0.455. The first kappa shape index (κ1) is 13.1. The number of ether oxygens (including phenoxy) is 1. The van der Waals surface area contributed by atoms with Crippen molar-refractivity contribution in [1.82, 2.24) is 19.2 Å². The Morgan fingerprint density at radius 1 is 1.45 bits per heavy atom. The van der Waals surface area contributed by atoms with Gasteiger partial charge in [-0.3, -0.25) is 9.08 Å². The largest absolute Gasteiger partial charge is 0.434 e. The monoisotopic (exact) mass is 291 g/mol. The van der Waals surface area contributed by atoms with Gasteiger partial charge in [0.15, 0.2) is 10.7 Å². The predicted octanol–water partition coefficient (Wildman–Crippen LogP) is 2.47. The molecule has 3 aromatic rings. The van der Waals surface area contributed by atoms with Gasteiger partial charge in [0.2, 0.25) is 5.88 Å². The molecule has 3 aromatic heterocycles. The summed E-state index contributed by atoms with van der Waals surface area (Å²) in [5, 5.41) is 6.27. The molecule has 0 unspecified atom stereocenters. The minimum Gasteiger partial charge on any atom is -0.434 e. The molecule has 0 radical (unpaired) electrons. The quantitative estimate of drug-likeness (QED) is 0.784. The molecule has 0 aromatic carbocycles. The van der Waals surface area contributed by atoms with E-state index in [1.807, 2.05) is 26.9 Å². The summed E-state index contributed by atoms with van der Waals surface area (Å²) in [4.78, 5) is 5.42. The molecule has 0 fully saturated rings. The number of hydrogen-bond donors (Lipinski definition) is 1. The van der Waals surface area contributed by atoms with E-state index in [4.69, 9.17) is 10.5 Å². The van der Waals surface area contributed by atoms with Gasteiger partial charge in [-0.1, -0.05) is 0 Å². The zero-order valence-corrected chi connectivity index (χ0v) is 12.3. The first-order valence-corrected chi connectivity index (χ1v) is 7.43. The van der Waals surface area contributed by atoms with Gasteiger partial charge in [-0.05, 0) is 20.4 Å². The fourth-order valence-electron chi connectivity index (χ4n) is 2.03. The highest BCUT2D eigenvalue weighted by atomic mass is 32.1. The van der Waals surface area contributed by atoms with E-state index in [1.54, 1.807) is 17.5 Å². The lowest BCUT2D eigenvalue weighted by atomic mass is 10.3. The second-order valence-electron chi connectivity index (χ2n) is 4.81. The van der Waals surface area contributed by atoms with Crippen LogP contribution in [0.5, 0.6) is 11.6 Å². The summed E-state index contributed by atoms with van der Waals surface area (Å²) in [6, 6.07) is 0.307. The van der Waals surface area contributed by atoms with Gasteiger partial charge < -0.3 is 10.5 Å². The minimum atomic E-state index is 0.307. The Morgan fingerprint density at radius 3 is 3.00 bits per heavy atom. The van der Waals surface area contributed by atoms with E-state index in [1.165, 1.54) is 0 Å². The van der Waals surface area contributed by atoms with Crippen LogP contribution in [0.3, 0.4) is 0 Å². The molecule has 106 valence electrons. The summed E-state index contributed by atoms with van der Waals surface area (Å²) in [7, 11) is 0. The molecular weight excluding hydrogens is 274 g/mol. The van der Waals surface area contributed by atoms with Crippen LogP contribution in [0.15, 0.2) is 24.0 Å². The Kier molecular flexibility index (Phi) is 3.45. The van der Waals surface area contributed by atoms with E-state index in [2.05, 4.69) is 23.9 Å². The molecule has 0 aliphatic carbocycles. The van der Waals surface area contributed by atoms with Crippen molar-refractivity contribution in [3.05, 3.63) is 29.7 Å². The number of nitrogens with two attached hydrogens (primary N) is 1. The molecule has 7 heteroatoms. The van der Waals surface area contributed by atoms with Crippen LogP contribution in [0.4, 0.5) is 0 Å². The normalized spacial score (nSPS) is 11.6. The summed E-state index contributed by atoms with van der Waals surface area (Å²) in [6.07, 6.45) is 6.30. The van der Waals surface area contributed by atoms with Crippen LogP contribution in [0.25, 0.3) is 4.96 Å². The highest BCUT2D eigenvalue weighted by Gasteiger charge is 2.15. The summed E-state index contributed by atoms with van der Waals surface area (Å²) in [6.45, 7) is 4.71. The number of nitrogens with zero attached hydrogens (tertiary/aromatic N) is 4. The van der Waals surface area contributed by atoms with Crippen molar-refractivity contribution in [2.24, 2.45) is 5.73 Å². The highest BCUT2D eigenvalue weighted by molar-refractivity contribution is 7.15. The third kappa shape index (κ3) is 2.30. The number of thiazole rings is 1. The minimum absolute atomic E-state index is 0.307. The lowest BCUT2D eigenvalue weighted by Crippen LogP contribution is -2.05. The molecule has 0 amide bonds. The van der Waals surface area contributed by atoms with Gasteiger partial charge >= 0.3 is 0 Å². The molecule has 0 saturated carbocycles. The number of fused-ring (bicyclic) bond motifs is 1. The maximum Gasteiger partial charge on any atom is 0.242 e. The SMILES string of the molecule is CC(C)n1cc(Oc2nc3sccn3c2CCN)cn1. The smallest absolute Gasteiger partial charge is 0.242 e. The van der Waals surface area contributed by atoms with Crippen LogP contribution in [-0.4, -0.2) is 25.7 Å². The van der Waals surface area contributed by atoms with Crippen LogP contribution in [0.2, 0.25) is 0 Å². The lowest BCUT2D eigenvalue weighted by Gasteiger charge is -2.04. The molecule has 0 aliphatic rings. The van der Waals surface area contributed by atoms with Crippen molar-refractivity contribution in [2.45, 2.75) is 26.3 Å². The zero-order chi connectivity index (χ0) is 14.1. The van der Waals surface area contributed by atoms with Gasteiger partial charge in [0, 0.05) is 24.0 Å². The van der Waals surface area contributed by atoms with Crippen molar-refractivity contribution in [2.75, 3.05) is 6.54 Å². The van der Waals surface area contributed by atoms with E-state index in [0.29, 0.717) is 24.2 Å². The molecule has 6 nitrogen and oxygen atoms in total. The van der Waals surface area contributed by atoms with Gasteiger partial charge in [-0.25, -0.2) is 0 Å². The number of imidazole rings is 1. The van der Waals surface area contributed by atoms with E-state index >= 15 is 0 Å². The highest BCUT2D eigenvalue weighted by Crippen LogP contribution is 2.28. The third-order valence-corrected chi connectivity index (χ3v) is 3.78. The topological polar surface area (TPSA) is 70.4 Å². The fourth-order valence-corrected chi connectivity index (χ4v) is 2.75. The maximum absolute atomic E-state index is 5.87. The number of aromatic nitrogens is 4. The Labute approximate surface area is 120 Å². The maximum atomic E-state index is 5.87. The second-order valence-corrected chi connectivity index (χ2v) is 5.68. The Balaban J connectivity index is 1.92. The van der Waals surface area contributed by atoms with Crippen LogP contribution in [0.1, 0.15) is 25.6 Å². The Hall–Kier alpha value is -1.86. The zero-order valence-electron chi connectivity index (χ0n) is 11.5. The molecule has 0 bridgehead atoms. The molecular formula is C13H17N5OS. The summed E-state index contributed by atoms with van der Waals surface area (Å²) < 4.78 is 9.76. The standard InChI is InChI=1S/C13H17N5OS/c1-9(2)18-8-10(7-15-18)19-12-11(3-4-14)17-5-6-20-13(17)16-12/h5-9H,3-4,14H2,1-2H3. The molecule has 3 rings (SSSR count). The van der Waals surface area contributed by atoms with E-state index in [9.17, 15) is 0 Å². The average molecular weight is 291 g/mol. The molecule has 0 aliphatic heterocycles. The second kappa shape index (κ2) is 5.26. The first-order valence-electron chi connectivity index (χ1n) is 6.55. The van der Waals surface area contributed by atoms with E-state index in [-0.39, 0.29) is 0 Å². The summed E-state index contributed by atoms with van der Waals surface area (Å²) in [5.41, 5.74) is 6.68. The van der Waals surface area contributed by atoms with Gasteiger partial charge in [0.1, 0.15) is 0 Å². The van der Waals surface area contributed by atoms with Gasteiger partial charge in [0.25, 0.3) is 0 Å². The van der Waals surface area contributed by atoms with Crippen molar-refractivity contribution >= 4 is 16.3 Å². The Bertz CT molecular complexity index is 711. The van der Waals surface area contributed by atoms with Crippen molar-refractivity contribution in [1.29, 1.82) is 0 Å². The molecule has 0 saturated heterocycles. The van der Waals surface area contributed by atoms with Gasteiger partial charge in [0.05, 0.1) is 18.1 Å². The van der Waals surface area contributed by atoms with Gasteiger partial charge in [-0.2, -0.15) is 10.1 Å². The van der Waals surface area contributed by atoms with Gasteiger partial charge in [-0.15, -0.1) is 11.3 Å². The van der Waals surface area contributed by atoms with Crippen molar-refractivity contribution < 1.29 is 4.74 Å². The Morgan fingerprint density at radius 2 is 2.30 bits per heavy atom. The van der Waals surface area contributed by atoms with Crippen LogP contribution in [-0.2, 0) is 6.42 Å². The predicted molar refractivity (Wildman–Crippen MR) is 78.5 cm³/mol. The molecule has 0 atom stereocenters. The molecule has 3 heterocycles. The first-order chi connectivity index (χ1) is 9.69. The van der Waals surface area contributed by atoms with Crippen molar-refractivity contribution in [3.63, 3.8) is 0 Å². The third-order valence-electron chi connectivity index (χ3n) is 3.03. The van der Waals surface area contributed by atoms with Crippen LogP contribution in [0, 0.1) is 0 Å².